The van der Waals surface area contributed by atoms with Gasteiger partial charge in [-0.15, -0.1) is 0 Å². The van der Waals surface area contributed by atoms with E-state index in [1.54, 1.807) is 18.3 Å². The van der Waals surface area contributed by atoms with Gasteiger partial charge in [-0.05, 0) is 36.6 Å². The minimum Gasteiger partial charge on any atom is -0.493 e. The van der Waals surface area contributed by atoms with Gasteiger partial charge in [0.25, 0.3) is 5.91 Å². The molecule has 1 atom stereocenters. The molecule has 0 saturated heterocycles. The zero-order valence-corrected chi connectivity index (χ0v) is 11.1. The molecule has 1 unspecified atom stereocenters. The number of pyridine rings is 1. The Morgan fingerprint density at radius 1 is 1.30 bits per heavy atom. The minimum atomic E-state index is -0.426. The van der Waals surface area contributed by atoms with Gasteiger partial charge in [-0.1, -0.05) is 18.2 Å². The molecule has 2 N–H and O–H groups in total. The van der Waals surface area contributed by atoms with Crippen molar-refractivity contribution >= 4 is 5.91 Å². The molecular weight excluding hydrogens is 252 g/mol. The molecule has 1 aliphatic heterocycles. The van der Waals surface area contributed by atoms with Crippen molar-refractivity contribution in [2.24, 2.45) is 11.7 Å². The maximum Gasteiger partial charge on any atom is 0.250 e. The zero-order chi connectivity index (χ0) is 13.9. The molecule has 1 aromatic heterocycles. The summed E-state index contributed by atoms with van der Waals surface area (Å²) >= 11 is 0. The number of carbonyl (C=O) groups is 1. The lowest BCUT2D eigenvalue weighted by Gasteiger charge is -2.25. The summed E-state index contributed by atoms with van der Waals surface area (Å²) in [5.41, 5.74) is 7.86. The molecule has 1 amide bonds. The monoisotopic (exact) mass is 268 g/mol. The van der Waals surface area contributed by atoms with E-state index in [9.17, 15) is 4.79 Å². The first-order valence-corrected chi connectivity index (χ1v) is 6.68. The molecule has 1 aliphatic rings. The number of nitrogens with zero attached hydrogens (tertiary/aromatic N) is 1. The molecule has 4 heteroatoms. The highest BCUT2D eigenvalue weighted by molar-refractivity contribution is 5.93. The molecule has 0 fully saturated rings. The third-order valence-corrected chi connectivity index (χ3v) is 3.59. The number of benzene rings is 1. The second kappa shape index (κ2) is 5.33. The van der Waals surface area contributed by atoms with Crippen molar-refractivity contribution in [1.82, 2.24) is 4.98 Å². The Morgan fingerprint density at radius 3 is 3.00 bits per heavy atom. The number of nitrogens with two attached hydrogens (primary N) is 1. The first-order valence-electron chi connectivity index (χ1n) is 6.68. The topological polar surface area (TPSA) is 65.2 Å². The summed E-state index contributed by atoms with van der Waals surface area (Å²) in [6.45, 7) is 0.645. The molecule has 2 aromatic rings. The van der Waals surface area contributed by atoms with E-state index in [2.05, 4.69) is 11.1 Å². The highest BCUT2D eigenvalue weighted by Crippen LogP contribution is 2.28. The van der Waals surface area contributed by atoms with Crippen LogP contribution in [0.5, 0.6) is 5.75 Å². The molecule has 102 valence electrons. The highest BCUT2D eigenvalue weighted by Gasteiger charge is 2.22. The number of ether oxygens (including phenoxy) is 1. The molecule has 0 saturated carbocycles. The second-order valence-corrected chi connectivity index (χ2v) is 5.05. The van der Waals surface area contributed by atoms with Crippen molar-refractivity contribution in [3.8, 4) is 5.75 Å². The Bertz CT molecular complexity index is 640. The van der Waals surface area contributed by atoms with Crippen molar-refractivity contribution in [3.63, 3.8) is 0 Å². The van der Waals surface area contributed by atoms with Gasteiger partial charge in [-0.25, -0.2) is 0 Å². The summed E-state index contributed by atoms with van der Waals surface area (Å²) in [7, 11) is 0. The van der Waals surface area contributed by atoms with E-state index in [0.717, 1.165) is 17.9 Å². The number of hydrogen-bond acceptors (Lipinski definition) is 3. The lowest BCUT2D eigenvalue weighted by Crippen LogP contribution is -2.25. The Kier molecular flexibility index (Phi) is 3.37. The van der Waals surface area contributed by atoms with Crippen LogP contribution in [0, 0.1) is 5.92 Å². The zero-order valence-electron chi connectivity index (χ0n) is 11.1. The predicted molar refractivity (Wildman–Crippen MR) is 75.6 cm³/mol. The van der Waals surface area contributed by atoms with Crippen molar-refractivity contribution < 1.29 is 9.53 Å². The van der Waals surface area contributed by atoms with Crippen LogP contribution in [0.15, 0.2) is 42.6 Å². The summed E-state index contributed by atoms with van der Waals surface area (Å²) in [5, 5.41) is 0. The van der Waals surface area contributed by atoms with Gasteiger partial charge in [0.15, 0.2) is 0 Å². The van der Waals surface area contributed by atoms with Crippen LogP contribution < -0.4 is 10.5 Å². The van der Waals surface area contributed by atoms with E-state index in [4.69, 9.17) is 10.5 Å². The maximum atomic E-state index is 11.4. The summed E-state index contributed by atoms with van der Waals surface area (Å²) in [4.78, 5) is 15.7. The first-order chi connectivity index (χ1) is 9.74. The second-order valence-electron chi connectivity index (χ2n) is 5.05. The molecule has 3 rings (SSSR count). The lowest BCUT2D eigenvalue weighted by molar-refractivity contribution is 0.0998. The Morgan fingerprint density at radius 2 is 2.15 bits per heavy atom. The van der Waals surface area contributed by atoms with Crippen LogP contribution in [-0.2, 0) is 12.8 Å². The molecule has 20 heavy (non-hydrogen) atoms. The van der Waals surface area contributed by atoms with Crippen molar-refractivity contribution in [3.05, 3.63) is 59.4 Å². The smallest absolute Gasteiger partial charge is 0.250 e. The average molecular weight is 268 g/mol. The highest BCUT2D eigenvalue weighted by atomic mass is 16.5. The quantitative estimate of drug-likeness (QED) is 0.925. The maximum absolute atomic E-state index is 11.4. The fraction of sp³-hybridized carbons (Fsp3) is 0.250. The van der Waals surface area contributed by atoms with Gasteiger partial charge in [0.2, 0.25) is 0 Å². The van der Waals surface area contributed by atoms with Crippen molar-refractivity contribution in [2.75, 3.05) is 6.61 Å². The number of rotatable bonds is 3. The Balaban J connectivity index is 1.79. The molecule has 4 nitrogen and oxygen atoms in total. The number of fused-ring (bicyclic) bond motifs is 1. The number of amides is 1. The van der Waals surface area contributed by atoms with Gasteiger partial charge in [-0.2, -0.15) is 0 Å². The van der Waals surface area contributed by atoms with Gasteiger partial charge < -0.3 is 10.5 Å². The SMILES string of the molecule is NC(=O)c1cccnc1CC1COc2ccccc2C1. The normalized spacial score (nSPS) is 17.1. The largest absolute Gasteiger partial charge is 0.493 e. The molecule has 0 aliphatic carbocycles. The fourth-order valence-corrected chi connectivity index (χ4v) is 2.62. The summed E-state index contributed by atoms with van der Waals surface area (Å²) in [6, 6.07) is 11.5. The van der Waals surface area contributed by atoms with Gasteiger partial charge in [0, 0.05) is 12.1 Å². The van der Waals surface area contributed by atoms with Crippen molar-refractivity contribution in [1.29, 1.82) is 0 Å². The summed E-state index contributed by atoms with van der Waals surface area (Å²) in [5.74, 6) is 0.850. The van der Waals surface area contributed by atoms with Gasteiger partial charge >= 0.3 is 0 Å². The van der Waals surface area contributed by atoms with E-state index >= 15 is 0 Å². The van der Waals surface area contributed by atoms with Crippen LogP contribution >= 0.6 is 0 Å². The predicted octanol–water partition coefficient (Wildman–Crippen LogP) is 1.97. The van der Waals surface area contributed by atoms with Gasteiger partial charge in [0.1, 0.15) is 5.75 Å². The number of hydrogen-bond donors (Lipinski definition) is 1. The van der Waals surface area contributed by atoms with Crippen LogP contribution in [0.2, 0.25) is 0 Å². The third kappa shape index (κ3) is 2.50. The lowest BCUT2D eigenvalue weighted by atomic mass is 9.91. The fourth-order valence-electron chi connectivity index (χ4n) is 2.62. The van der Waals surface area contributed by atoms with E-state index in [-0.39, 0.29) is 0 Å². The molecular formula is C16H16N2O2. The van der Waals surface area contributed by atoms with Crippen LogP contribution in [-0.4, -0.2) is 17.5 Å². The number of carbonyl (C=O) groups excluding carboxylic acids is 1. The van der Waals surface area contributed by atoms with E-state index in [1.807, 2.05) is 18.2 Å². The van der Waals surface area contributed by atoms with Crippen LogP contribution in [0.1, 0.15) is 21.6 Å². The average Bonchev–Trinajstić information content (AvgIpc) is 2.47. The van der Waals surface area contributed by atoms with E-state index < -0.39 is 5.91 Å². The number of aromatic nitrogens is 1. The van der Waals surface area contributed by atoms with Crippen LogP contribution in [0.3, 0.4) is 0 Å². The molecule has 0 bridgehead atoms. The van der Waals surface area contributed by atoms with E-state index in [0.29, 0.717) is 24.5 Å². The molecule has 1 aromatic carbocycles. The van der Waals surface area contributed by atoms with Crippen molar-refractivity contribution in [2.45, 2.75) is 12.8 Å². The third-order valence-electron chi connectivity index (χ3n) is 3.59. The molecule has 0 spiro atoms. The molecule has 2 heterocycles. The molecule has 0 radical (unpaired) electrons. The minimum absolute atomic E-state index is 0.317. The Hall–Kier alpha value is -2.36. The first kappa shape index (κ1) is 12.7. The van der Waals surface area contributed by atoms with Gasteiger partial charge in [0.05, 0.1) is 17.9 Å². The summed E-state index contributed by atoms with van der Waals surface area (Å²) < 4.78 is 5.76. The Labute approximate surface area is 117 Å². The van der Waals surface area contributed by atoms with Crippen LogP contribution in [0.25, 0.3) is 0 Å². The van der Waals surface area contributed by atoms with Gasteiger partial charge in [-0.3, -0.25) is 9.78 Å². The van der Waals surface area contributed by atoms with E-state index in [1.165, 1.54) is 5.56 Å². The standard InChI is InChI=1S/C16H16N2O2/c17-16(19)13-5-3-7-18-14(13)9-11-8-12-4-1-2-6-15(12)20-10-11/h1-7,11H,8-10H2,(H2,17,19). The van der Waals surface area contributed by atoms with Crippen LogP contribution in [0.4, 0.5) is 0 Å². The summed E-state index contributed by atoms with van der Waals surface area (Å²) in [6.07, 6.45) is 3.33. The number of para-hydroxylation sites is 1. The number of primary amides is 1.